The Morgan fingerprint density at radius 2 is 2.07 bits per heavy atom. The summed E-state index contributed by atoms with van der Waals surface area (Å²) in [6, 6.07) is 0. The second-order valence-electron chi connectivity index (χ2n) is 4.21. The molecule has 1 heterocycles. The highest BCUT2D eigenvalue weighted by Crippen LogP contribution is 2.38. The molecule has 0 unspecified atom stereocenters. The Labute approximate surface area is 84.6 Å². The molecule has 2 aliphatic rings. The summed E-state index contributed by atoms with van der Waals surface area (Å²) in [5.74, 6) is 0.867. The first kappa shape index (κ1) is 9.99. The molecular formula is C11H18O3. The first-order valence-electron chi connectivity index (χ1n) is 5.53. The van der Waals surface area contributed by atoms with Gasteiger partial charge in [-0.25, -0.2) is 4.89 Å². The standard InChI is InChI=1S/C11H18O3/c12-14-11-7-4-2-1-3-6-10(11)13-9-5-8-11/h6,12H,1-5,7-9H2/b10-6+/t11-/m0/s1. The maximum absolute atomic E-state index is 9.07. The van der Waals surface area contributed by atoms with E-state index in [0.717, 1.165) is 44.5 Å². The lowest BCUT2D eigenvalue weighted by Gasteiger charge is -2.37. The Morgan fingerprint density at radius 3 is 2.93 bits per heavy atom. The second-order valence-corrected chi connectivity index (χ2v) is 4.21. The van der Waals surface area contributed by atoms with Crippen LogP contribution in [0.25, 0.3) is 0 Å². The fraction of sp³-hybridized carbons (Fsp3) is 0.818. The van der Waals surface area contributed by atoms with Crippen LogP contribution < -0.4 is 0 Å². The van der Waals surface area contributed by atoms with Crippen LogP contribution in [0.2, 0.25) is 0 Å². The minimum atomic E-state index is -0.515. The molecule has 0 radical (unpaired) electrons. The van der Waals surface area contributed by atoms with E-state index >= 15 is 0 Å². The topological polar surface area (TPSA) is 38.7 Å². The summed E-state index contributed by atoms with van der Waals surface area (Å²) in [6.07, 6.45) is 9.42. The molecule has 14 heavy (non-hydrogen) atoms. The Hall–Kier alpha value is -0.540. The Balaban J connectivity index is 2.20. The van der Waals surface area contributed by atoms with Crippen molar-refractivity contribution >= 4 is 0 Å². The first-order valence-corrected chi connectivity index (χ1v) is 5.53. The molecule has 1 atom stereocenters. The van der Waals surface area contributed by atoms with Gasteiger partial charge in [0.15, 0.2) is 5.60 Å². The van der Waals surface area contributed by atoms with Crippen molar-refractivity contribution in [1.29, 1.82) is 0 Å². The summed E-state index contributed by atoms with van der Waals surface area (Å²) < 4.78 is 5.59. The molecule has 3 nitrogen and oxygen atoms in total. The number of fused-ring (bicyclic) bond motifs is 1. The zero-order valence-corrected chi connectivity index (χ0v) is 8.50. The van der Waals surface area contributed by atoms with Crippen LogP contribution in [0.5, 0.6) is 0 Å². The van der Waals surface area contributed by atoms with Crippen molar-refractivity contribution < 1.29 is 14.9 Å². The molecule has 0 amide bonds. The predicted octanol–water partition coefficient (Wildman–Crippen LogP) is 2.87. The molecular weight excluding hydrogens is 180 g/mol. The Kier molecular flexibility index (Phi) is 3.08. The maximum Gasteiger partial charge on any atom is 0.160 e. The molecule has 1 N–H and O–H groups in total. The summed E-state index contributed by atoms with van der Waals surface area (Å²) in [7, 11) is 0. The van der Waals surface area contributed by atoms with Crippen molar-refractivity contribution in [3.8, 4) is 0 Å². The van der Waals surface area contributed by atoms with Gasteiger partial charge in [-0.15, -0.1) is 0 Å². The third kappa shape index (κ3) is 1.79. The highest BCUT2D eigenvalue weighted by molar-refractivity contribution is 5.13. The fourth-order valence-electron chi connectivity index (χ4n) is 2.39. The molecule has 1 saturated heterocycles. The van der Waals surface area contributed by atoms with E-state index in [2.05, 4.69) is 6.08 Å². The summed E-state index contributed by atoms with van der Waals surface area (Å²) >= 11 is 0. The van der Waals surface area contributed by atoms with Crippen LogP contribution in [-0.4, -0.2) is 17.5 Å². The van der Waals surface area contributed by atoms with Crippen molar-refractivity contribution in [2.45, 2.75) is 50.5 Å². The monoisotopic (exact) mass is 198 g/mol. The van der Waals surface area contributed by atoms with E-state index in [0.29, 0.717) is 0 Å². The SMILES string of the molecule is OO[C@]12CCCCC/C=C\1OCCC2. The highest BCUT2D eigenvalue weighted by atomic mass is 17.1. The van der Waals surface area contributed by atoms with E-state index in [1.165, 1.54) is 12.8 Å². The molecule has 1 aliphatic heterocycles. The number of allylic oxidation sites excluding steroid dienone is 1. The molecule has 0 aromatic carbocycles. The summed E-state index contributed by atoms with van der Waals surface area (Å²) in [4.78, 5) is 4.72. The number of hydrogen-bond donors (Lipinski definition) is 1. The van der Waals surface area contributed by atoms with Gasteiger partial charge in [0, 0.05) is 0 Å². The van der Waals surface area contributed by atoms with E-state index in [4.69, 9.17) is 14.9 Å². The lowest BCUT2D eigenvalue weighted by molar-refractivity contribution is -0.329. The van der Waals surface area contributed by atoms with Crippen LogP contribution in [0.15, 0.2) is 11.8 Å². The minimum absolute atomic E-state index is 0.515. The van der Waals surface area contributed by atoms with Gasteiger partial charge in [-0.3, -0.25) is 5.26 Å². The van der Waals surface area contributed by atoms with E-state index in [1.807, 2.05) is 0 Å². The van der Waals surface area contributed by atoms with Gasteiger partial charge in [-0.05, 0) is 44.6 Å². The largest absolute Gasteiger partial charge is 0.495 e. The number of ether oxygens (including phenoxy) is 1. The van der Waals surface area contributed by atoms with Gasteiger partial charge in [0.25, 0.3) is 0 Å². The van der Waals surface area contributed by atoms with Crippen molar-refractivity contribution in [2.24, 2.45) is 0 Å². The smallest absolute Gasteiger partial charge is 0.160 e. The molecule has 3 heteroatoms. The average Bonchev–Trinajstić information content (AvgIpc) is 2.19. The molecule has 0 saturated carbocycles. The zero-order chi connectivity index (χ0) is 9.86. The van der Waals surface area contributed by atoms with Crippen LogP contribution in [0, 0.1) is 0 Å². The van der Waals surface area contributed by atoms with Crippen molar-refractivity contribution in [1.82, 2.24) is 0 Å². The quantitative estimate of drug-likeness (QED) is 0.520. The molecule has 0 spiro atoms. The van der Waals surface area contributed by atoms with E-state index in [-0.39, 0.29) is 0 Å². The first-order chi connectivity index (χ1) is 6.87. The van der Waals surface area contributed by atoms with Gasteiger partial charge < -0.3 is 4.74 Å². The summed E-state index contributed by atoms with van der Waals surface area (Å²) in [5, 5.41) is 9.07. The van der Waals surface area contributed by atoms with Gasteiger partial charge >= 0.3 is 0 Å². The molecule has 2 rings (SSSR count). The average molecular weight is 198 g/mol. The van der Waals surface area contributed by atoms with Gasteiger partial charge in [0.1, 0.15) is 5.76 Å². The Bertz CT molecular complexity index is 225. The third-order valence-electron chi connectivity index (χ3n) is 3.22. The lowest BCUT2D eigenvalue weighted by atomic mass is 9.85. The molecule has 0 bridgehead atoms. The lowest BCUT2D eigenvalue weighted by Crippen LogP contribution is -2.39. The number of rotatable bonds is 1. The van der Waals surface area contributed by atoms with Gasteiger partial charge in [-0.1, -0.05) is 6.42 Å². The maximum atomic E-state index is 9.07. The fourth-order valence-corrected chi connectivity index (χ4v) is 2.39. The molecule has 1 fully saturated rings. The number of hydrogen-bond acceptors (Lipinski definition) is 3. The normalized spacial score (nSPS) is 37.1. The second kappa shape index (κ2) is 4.32. The van der Waals surface area contributed by atoms with Crippen molar-refractivity contribution in [3.63, 3.8) is 0 Å². The minimum Gasteiger partial charge on any atom is -0.495 e. The van der Waals surface area contributed by atoms with Crippen molar-refractivity contribution in [3.05, 3.63) is 11.8 Å². The van der Waals surface area contributed by atoms with Crippen LogP contribution in [-0.2, 0) is 9.62 Å². The van der Waals surface area contributed by atoms with E-state index in [1.54, 1.807) is 0 Å². The van der Waals surface area contributed by atoms with E-state index < -0.39 is 5.60 Å². The molecule has 0 aromatic heterocycles. The predicted molar refractivity (Wildman–Crippen MR) is 52.8 cm³/mol. The van der Waals surface area contributed by atoms with Gasteiger partial charge in [0.2, 0.25) is 0 Å². The molecule has 80 valence electrons. The van der Waals surface area contributed by atoms with Crippen LogP contribution in [0.4, 0.5) is 0 Å². The van der Waals surface area contributed by atoms with Crippen LogP contribution >= 0.6 is 0 Å². The molecule has 1 aliphatic carbocycles. The third-order valence-corrected chi connectivity index (χ3v) is 3.22. The van der Waals surface area contributed by atoms with Gasteiger partial charge in [-0.2, -0.15) is 0 Å². The van der Waals surface area contributed by atoms with Crippen molar-refractivity contribution in [2.75, 3.05) is 6.61 Å². The summed E-state index contributed by atoms with van der Waals surface area (Å²) in [5.41, 5.74) is -0.515. The van der Waals surface area contributed by atoms with Gasteiger partial charge in [0.05, 0.1) is 6.61 Å². The van der Waals surface area contributed by atoms with Crippen LogP contribution in [0.3, 0.4) is 0 Å². The molecule has 0 aromatic rings. The Morgan fingerprint density at radius 1 is 1.21 bits per heavy atom. The highest BCUT2D eigenvalue weighted by Gasteiger charge is 2.40. The van der Waals surface area contributed by atoms with E-state index in [9.17, 15) is 0 Å². The zero-order valence-electron chi connectivity index (χ0n) is 8.50. The van der Waals surface area contributed by atoms with Crippen LogP contribution in [0.1, 0.15) is 44.9 Å². The summed E-state index contributed by atoms with van der Waals surface area (Å²) in [6.45, 7) is 0.761.